The van der Waals surface area contributed by atoms with Crippen LogP contribution in [0.25, 0.3) is 0 Å². The number of nitrogens with zero attached hydrogens (tertiary/aromatic N) is 2. The first-order chi connectivity index (χ1) is 8.40. The Morgan fingerprint density at radius 1 is 1.22 bits per heavy atom. The van der Waals surface area contributed by atoms with Crippen LogP contribution in [-0.4, -0.2) is 35.5 Å². The minimum absolute atomic E-state index is 0.0441. The lowest BCUT2D eigenvalue weighted by molar-refractivity contribution is -0.125. The van der Waals surface area contributed by atoms with E-state index < -0.39 is 0 Å². The van der Waals surface area contributed by atoms with Gasteiger partial charge in [0, 0.05) is 25.9 Å². The predicted octanol–water partition coefficient (Wildman–Crippen LogP) is 1.39. The highest BCUT2D eigenvalue weighted by Crippen LogP contribution is 2.09. The fourth-order valence-corrected chi connectivity index (χ4v) is 1.93. The van der Waals surface area contributed by atoms with E-state index in [4.69, 9.17) is 0 Å². The molecule has 5 heteroatoms. The summed E-state index contributed by atoms with van der Waals surface area (Å²) in [5, 5.41) is 3.87. The molecule has 1 heterocycles. The number of hydrogen-bond donors (Lipinski definition) is 1. The Morgan fingerprint density at radius 3 is 2.17 bits per heavy atom. The molecule has 0 saturated heterocycles. The van der Waals surface area contributed by atoms with E-state index in [1.807, 2.05) is 4.90 Å². The maximum Gasteiger partial charge on any atom is 0.270 e. The highest BCUT2D eigenvalue weighted by Gasteiger charge is 2.24. The summed E-state index contributed by atoms with van der Waals surface area (Å²) in [6.45, 7) is 9.81. The van der Waals surface area contributed by atoms with Gasteiger partial charge in [-0.2, -0.15) is 5.10 Å². The highest BCUT2D eigenvalue weighted by atomic mass is 16.2. The second-order valence-corrected chi connectivity index (χ2v) is 5.59. The zero-order valence-electron chi connectivity index (χ0n) is 11.7. The number of hydrazone groups is 1. The third-order valence-electron chi connectivity index (χ3n) is 2.61. The molecule has 0 saturated carbocycles. The van der Waals surface area contributed by atoms with E-state index >= 15 is 0 Å². The number of nitrogens with one attached hydrogen (secondary N) is 1. The van der Waals surface area contributed by atoms with Gasteiger partial charge >= 0.3 is 0 Å². The van der Waals surface area contributed by atoms with Crippen LogP contribution in [0.5, 0.6) is 0 Å². The van der Waals surface area contributed by atoms with Gasteiger partial charge in [0.2, 0.25) is 5.91 Å². The second kappa shape index (κ2) is 6.52. The molecule has 0 radical (unpaired) electrons. The summed E-state index contributed by atoms with van der Waals surface area (Å²) in [4.78, 5) is 25.2. The van der Waals surface area contributed by atoms with E-state index in [1.165, 1.54) is 0 Å². The molecule has 0 bridgehead atoms. The molecule has 5 nitrogen and oxygen atoms in total. The standard InChI is InChI=1S/C13H23N3O2/c1-9(2)7-16(8-10(3)4)13(18)11-5-6-12(17)15-14-11/h9-10H,5-8H2,1-4H3,(H,15,17). The van der Waals surface area contributed by atoms with Crippen molar-refractivity contribution in [2.45, 2.75) is 40.5 Å². The van der Waals surface area contributed by atoms with Crippen molar-refractivity contribution in [2.24, 2.45) is 16.9 Å². The summed E-state index contributed by atoms with van der Waals surface area (Å²) in [7, 11) is 0. The molecule has 1 aliphatic heterocycles. The average Bonchev–Trinajstić information content (AvgIpc) is 2.27. The van der Waals surface area contributed by atoms with Crippen LogP contribution in [0.1, 0.15) is 40.5 Å². The van der Waals surface area contributed by atoms with Crippen LogP contribution in [0.3, 0.4) is 0 Å². The van der Waals surface area contributed by atoms with E-state index in [2.05, 4.69) is 38.2 Å². The van der Waals surface area contributed by atoms with Crippen molar-refractivity contribution in [2.75, 3.05) is 13.1 Å². The largest absolute Gasteiger partial charge is 0.337 e. The summed E-state index contributed by atoms with van der Waals surface area (Å²) in [5.74, 6) is 0.682. The molecule has 0 unspecified atom stereocenters. The lowest BCUT2D eigenvalue weighted by Crippen LogP contribution is -2.43. The van der Waals surface area contributed by atoms with Crippen molar-refractivity contribution in [1.29, 1.82) is 0 Å². The molecule has 18 heavy (non-hydrogen) atoms. The topological polar surface area (TPSA) is 61.8 Å². The monoisotopic (exact) mass is 253 g/mol. The van der Waals surface area contributed by atoms with Crippen LogP contribution < -0.4 is 5.43 Å². The SMILES string of the molecule is CC(C)CN(CC(C)C)C(=O)C1=NNC(=O)CC1. The molecule has 1 N–H and O–H groups in total. The van der Waals surface area contributed by atoms with Crippen molar-refractivity contribution in [3.05, 3.63) is 0 Å². The van der Waals surface area contributed by atoms with Crippen molar-refractivity contribution in [3.63, 3.8) is 0 Å². The Morgan fingerprint density at radius 2 is 1.78 bits per heavy atom. The number of amides is 2. The third-order valence-corrected chi connectivity index (χ3v) is 2.61. The van der Waals surface area contributed by atoms with Crippen LogP contribution in [0.4, 0.5) is 0 Å². The Labute approximate surface area is 109 Å². The van der Waals surface area contributed by atoms with Gasteiger partial charge in [0.15, 0.2) is 0 Å². The van der Waals surface area contributed by atoms with E-state index in [0.29, 0.717) is 30.4 Å². The predicted molar refractivity (Wildman–Crippen MR) is 71.1 cm³/mol. The minimum atomic E-state index is -0.120. The van der Waals surface area contributed by atoms with E-state index in [9.17, 15) is 9.59 Å². The van der Waals surface area contributed by atoms with Crippen LogP contribution in [0, 0.1) is 11.8 Å². The average molecular weight is 253 g/mol. The molecule has 1 rings (SSSR count). The Balaban J connectivity index is 2.72. The zero-order valence-corrected chi connectivity index (χ0v) is 11.7. The highest BCUT2D eigenvalue weighted by molar-refractivity contribution is 6.39. The first kappa shape index (κ1) is 14.7. The first-order valence-electron chi connectivity index (χ1n) is 6.54. The number of hydrogen-bond acceptors (Lipinski definition) is 3. The van der Waals surface area contributed by atoms with E-state index in [-0.39, 0.29) is 11.8 Å². The molecule has 0 aromatic heterocycles. The molecule has 1 aliphatic rings. The van der Waals surface area contributed by atoms with Crippen LogP contribution in [0.15, 0.2) is 5.10 Å². The van der Waals surface area contributed by atoms with Crippen molar-refractivity contribution in [1.82, 2.24) is 10.3 Å². The smallest absolute Gasteiger partial charge is 0.270 e. The third kappa shape index (κ3) is 4.47. The lowest BCUT2D eigenvalue weighted by Gasteiger charge is -2.27. The Hall–Kier alpha value is -1.39. The van der Waals surface area contributed by atoms with Gasteiger partial charge in [0.05, 0.1) is 0 Å². The van der Waals surface area contributed by atoms with Crippen molar-refractivity contribution < 1.29 is 9.59 Å². The van der Waals surface area contributed by atoms with Gasteiger partial charge in [-0.3, -0.25) is 9.59 Å². The molecule has 0 aromatic rings. The number of rotatable bonds is 5. The molecule has 0 aromatic carbocycles. The number of carbonyl (C=O) groups is 2. The van der Waals surface area contributed by atoms with Crippen LogP contribution >= 0.6 is 0 Å². The lowest BCUT2D eigenvalue weighted by atomic mass is 10.1. The molecular formula is C13H23N3O2. The summed E-state index contributed by atoms with van der Waals surface area (Å²) in [5.41, 5.74) is 2.84. The summed E-state index contributed by atoms with van der Waals surface area (Å²) >= 11 is 0. The molecule has 0 spiro atoms. The summed E-state index contributed by atoms with van der Waals surface area (Å²) in [6.07, 6.45) is 0.791. The molecule has 0 fully saturated rings. The van der Waals surface area contributed by atoms with Gasteiger partial charge in [0.25, 0.3) is 5.91 Å². The van der Waals surface area contributed by atoms with Gasteiger partial charge in [0.1, 0.15) is 5.71 Å². The summed E-state index contributed by atoms with van der Waals surface area (Å²) < 4.78 is 0. The van der Waals surface area contributed by atoms with E-state index in [1.54, 1.807) is 0 Å². The van der Waals surface area contributed by atoms with Gasteiger partial charge in [-0.25, -0.2) is 5.43 Å². The fourth-order valence-electron chi connectivity index (χ4n) is 1.93. The van der Waals surface area contributed by atoms with Gasteiger partial charge in [-0.1, -0.05) is 27.7 Å². The van der Waals surface area contributed by atoms with Crippen LogP contribution in [0.2, 0.25) is 0 Å². The Kier molecular flexibility index (Phi) is 5.31. The molecule has 102 valence electrons. The zero-order chi connectivity index (χ0) is 13.7. The van der Waals surface area contributed by atoms with Gasteiger partial charge in [-0.15, -0.1) is 0 Å². The second-order valence-electron chi connectivity index (χ2n) is 5.59. The maximum absolute atomic E-state index is 12.3. The van der Waals surface area contributed by atoms with Crippen LogP contribution in [-0.2, 0) is 9.59 Å². The molecule has 0 atom stereocenters. The van der Waals surface area contributed by atoms with Gasteiger partial charge in [-0.05, 0) is 11.8 Å². The fraction of sp³-hybridized carbons (Fsp3) is 0.769. The summed E-state index contributed by atoms with van der Waals surface area (Å²) in [6, 6.07) is 0. The molecule has 0 aliphatic carbocycles. The van der Waals surface area contributed by atoms with Gasteiger partial charge < -0.3 is 4.90 Å². The van der Waals surface area contributed by atoms with E-state index in [0.717, 1.165) is 13.1 Å². The molecular weight excluding hydrogens is 230 g/mol. The maximum atomic E-state index is 12.3. The molecule has 2 amide bonds. The normalized spacial score (nSPS) is 15.7. The Bertz CT molecular complexity index is 338. The minimum Gasteiger partial charge on any atom is -0.337 e. The van der Waals surface area contributed by atoms with Crippen molar-refractivity contribution in [3.8, 4) is 0 Å². The quantitative estimate of drug-likeness (QED) is 0.805. The number of carbonyl (C=O) groups excluding carboxylic acids is 2. The first-order valence-corrected chi connectivity index (χ1v) is 6.54. The van der Waals surface area contributed by atoms with Crippen molar-refractivity contribution >= 4 is 17.5 Å².